The van der Waals surface area contributed by atoms with Crippen LogP contribution in [0.25, 0.3) is 0 Å². The number of nitrogens with one attached hydrogen (secondary N) is 1. The number of aromatic nitrogens is 1. The van der Waals surface area contributed by atoms with Gasteiger partial charge in [0.2, 0.25) is 0 Å². The molecule has 0 spiro atoms. The summed E-state index contributed by atoms with van der Waals surface area (Å²) in [5.74, 6) is 1.06. The maximum absolute atomic E-state index is 11.9. The highest BCUT2D eigenvalue weighted by atomic mass is 32.2. The van der Waals surface area contributed by atoms with Crippen molar-refractivity contribution < 1.29 is 9.90 Å². The number of nitrogens with zero attached hydrogens (tertiary/aromatic N) is 1. The average molecular weight is 300 g/mol. The van der Waals surface area contributed by atoms with E-state index < -0.39 is 5.60 Å². The molecule has 6 heteroatoms. The number of hydrogen-bond acceptors (Lipinski definition) is 5. The molecule has 1 saturated heterocycles. The number of thiazole rings is 1. The number of hydrogen-bond donors (Lipinski definition) is 2. The lowest BCUT2D eigenvalue weighted by molar-refractivity contribution is -0.137. The lowest BCUT2D eigenvalue weighted by Gasteiger charge is -2.19. The Hall–Kier alpha value is -0.590. The zero-order valence-corrected chi connectivity index (χ0v) is 13.2. The summed E-state index contributed by atoms with van der Waals surface area (Å²) < 4.78 is 0. The van der Waals surface area contributed by atoms with E-state index in [1.807, 2.05) is 5.38 Å². The predicted octanol–water partition coefficient (Wildman–Crippen LogP) is 1.92. The Kier molecular flexibility index (Phi) is 4.23. The first-order valence-corrected chi connectivity index (χ1v) is 8.38. The molecule has 0 aliphatic carbocycles. The molecule has 2 rings (SSSR count). The molecule has 1 aromatic rings. The summed E-state index contributed by atoms with van der Waals surface area (Å²) in [4.78, 5) is 16.5. The highest BCUT2D eigenvalue weighted by Gasteiger charge is 2.39. The molecule has 1 aromatic heterocycles. The summed E-state index contributed by atoms with van der Waals surface area (Å²) in [5.41, 5.74) is -0.120. The second-order valence-corrected chi connectivity index (χ2v) is 7.94. The summed E-state index contributed by atoms with van der Waals surface area (Å²) in [6, 6.07) is 0. The Bertz CT molecular complexity index is 459. The Morgan fingerprint density at radius 3 is 2.84 bits per heavy atom. The molecule has 2 heterocycles. The standard InChI is InChI=1S/C13H20N2O2S2/c1-12(2,3)9-7-19-10(15-9)6-14-11(16)13(17)4-5-18-8-13/h7,17H,4-6,8H2,1-3H3,(H,14,16). The average Bonchev–Trinajstić information content (AvgIpc) is 2.94. The minimum atomic E-state index is -1.19. The first-order chi connectivity index (χ1) is 8.81. The topological polar surface area (TPSA) is 62.2 Å². The van der Waals surface area contributed by atoms with Crippen LogP contribution in [0.2, 0.25) is 0 Å². The first-order valence-electron chi connectivity index (χ1n) is 6.35. The van der Waals surface area contributed by atoms with Crippen LogP contribution in [-0.4, -0.2) is 33.1 Å². The van der Waals surface area contributed by atoms with E-state index in [2.05, 4.69) is 31.1 Å². The van der Waals surface area contributed by atoms with E-state index in [0.29, 0.717) is 18.7 Å². The molecule has 0 saturated carbocycles. The van der Waals surface area contributed by atoms with Crippen LogP contribution in [0.3, 0.4) is 0 Å². The Labute approximate surface area is 122 Å². The van der Waals surface area contributed by atoms with Gasteiger partial charge in [-0.3, -0.25) is 4.79 Å². The fourth-order valence-corrected chi connectivity index (χ4v) is 3.99. The van der Waals surface area contributed by atoms with Crippen LogP contribution in [0.1, 0.15) is 37.9 Å². The monoisotopic (exact) mass is 300 g/mol. The van der Waals surface area contributed by atoms with Crippen molar-refractivity contribution in [1.82, 2.24) is 10.3 Å². The summed E-state index contributed by atoms with van der Waals surface area (Å²) in [5, 5.41) is 15.8. The second-order valence-electron chi connectivity index (χ2n) is 5.89. The van der Waals surface area contributed by atoms with Crippen molar-refractivity contribution >= 4 is 29.0 Å². The largest absolute Gasteiger partial charge is 0.379 e. The number of thioether (sulfide) groups is 1. The van der Waals surface area contributed by atoms with Gasteiger partial charge in [0.15, 0.2) is 5.60 Å². The predicted molar refractivity (Wildman–Crippen MR) is 79.6 cm³/mol. The quantitative estimate of drug-likeness (QED) is 0.895. The van der Waals surface area contributed by atoms with Crippen molar-refractivity contribution in [2.45, 2.75) is 44.8 Å². The lowest BCUT2D eigenvalue weighted by Crippen LogP contribution is -2.46. The van der Waals surface area contributed by atoms with Gasteiger partial charge in [-0.25, -0.2) is 4.98 Å². The summed E-state index contributed by atoms with van der Waals surface area (Å²) in [6.07, 6.45) is 0.536. The molecular formula is C13H20N2O2S2. The zero-order chi connectivity index (χ0) is 14.1. The number of rotatable bonds is 3. The fourth-order valence-electron chi connectivity index (χ4n) is 1.79. The van der Waals surface area contributed by atoms with Gasteiger partial charge in [0.25, 0.3) is 5.91 Å². The molecule has 1 fully saturated rings. The molecule has 0 aromatic carbocycles. The Morgan fingerprint density at radius 2 is 2.32 bits per heavy atom. The van der Waals surface area contributed by atoms with E-state index >= 15 is 0 Å². The molecule has 0 bridgehead atoms. The molecule has 1 atom stereocenters. The first kappa shape index (κ1) is 14.8. The van der Waals surface area contributed by atoms with Gasteiger partial charge in [-0.15, -0.1) is 11.3 Å². The molecule has 4 nitrogen and oxygen atoms in total. The molecule has 2 N–H and O–H groups in total. The summed E-state index contributed by atoms with van der Waals surface area (Å²) in [6.45, 7) is 6.74. The van der Waals surface area contributed by atoms with E-state index in [1.54, 1.807) is 23.1 Å². The van der Waals surface area contributed by atoms with E-state index in [9.17, 15) is 9.90 Å². The molecule has 0 radical (unpaired) electrons. The smallest absolute Gasteiger partial charge is 0.253 e. The van der Waals surface area contributed by atoms with Crippen LogP contribution >= 0.6 is 23.1 Å². The van der Waals surface area contributed by atoms with Gasteiger partial charge in [-0.05, 0) is 12.2 Å². The third kappa shape index (κ3) is 3.49. The normalized spacial score (nSPS) is 23.6. The number of amides is 1. The zero-order valence-electron chi connectivity index (χ0n) is 11.5. The van der Waals surface area contributed by atoms with Gasteiger partial charge < -0.3 is 10.4 Å². The minimum absolute atomic E-state index is 0.0268. The van der Waals surface area contributed by atoms with Gasteiger partial charge in [0.05, 0.1) is 12.2 Å². The Balaban J connectivity index is 1.92. The van der Waals surface area contributed by atoms with Crippen molar-refractivity contribution in [2.75, 3.05) is 11.5 Å². The van der Waals surface area contributed by atoms with Gasteiger partial charge in [-0.2, -0.15) is 11.8 Å². The number of carbonyl (C=O) groups is 1. The maximum atomic E-state index is 11.9. The summed E-state index contributed by atoms with van der Waals surface area (Å²) >= 11 is 3.16. The summed E-state index contributed by atoms with van der Waals surface area (Å²) in [7, 11) is 0. The van der Waals surface area contributed by atoms with Crippen molar-refractivity contribution in [3.05, 3.63) is 16.1 Å². The highest BCUT2D eigenvalue weighted by Crippen LogP contribution is 2.28. The third-order valence-electron chi connectivity index (χ3n) is 3.14. The SMILES string of the molecule is CC(C)(C)c1csc(CNC(=O)C2(O)CCSC2)n1. The van der Waals surface area contributed by atoms with Crippen LogP contribution in [0.5, 0.6) is 0 Å². The molecule has 1 aliphatic heterocycles. The molecule has 1 unspecified atom stereocenters. The van der Waals surface area contributed by atoms with Gasteiger partial charge in [0, 0.05) is 16.5 Å². The number of aliphatic hydroxyl groups is 1. The third-order valence-corrected chi connectivity index (χ3v) is 5.17. The second kappa shape index (κ2) is 5.42. The van der Waals surface area contributed by atoms with Gasteiger partial charge in [0.1, 0.15) is 5.01 Å². The van der Waals surface area contributed by atoms with Crippen LogP contribution < -0.4 is 5.32 Å². The van der Waals surface area contributed by atoms with Crippen molar-refractivity contribution in [1.29, 1.82) is 0 Å². The molecule has 106 valence electrons. The molecular weight excluding hydrogens is 280 g/mol. The molecule has 1 aliphatic rings. The minimum Gasteiger partial charge on any atom is -0.379 e. The van der Waals surface area contributed by atoms with E-state index in [1.165, 1.54) is 0 Å². The van der Waals surface area contributed by atoms with Crippen molar-refractivity contribution in [2.24, 2.45) is 0 Å². The van der Waals surface area contributed by atoms with Crippen LogP contribution in [-0.2, 0) is 16.8 Å². The number of carbonyl (C=O) groups excluding carboxylic acids is 1. The van der Waals surface area contributed by atoms with Crippen LogP contribution in [0.15, 0.2) is 5.38 Å². The fraction of sp³-hybridized carbons (Fsp3) is 0.692. The van der Waals surface area contributed by atoms with Crippen molar-refractivity contribution in [3.63, 3.8) is 0 Å². The van der Waals surface area contributed by atoms with Gasteiger partial charge in [-0.1, -0.05) is 20.8 Å². The highest BCUT2D eigenvalue weighted by molar-refractivity contribution is 7.99. The van der Waals surface area contributed by atoms with Crippen molar-refractivity contribution in [3.8, 4) is 0 Å². The van der Waals surface area contributed by atoms with E-state index in [4.69, 9.17) is 0 Å². The molecule has 1 amide bonds. The van der Waals surface area contributed by atoms with E-state index in [0.717, 1.165) is 16.5 Å². The maximum Gasteiger partial charge on any atom is 0.253 e. The lowest BCUT2D eigenvalue weighted by atomic mass is 9.93. The van der Waals surface area contributed by atoms with Gasteiger partial charge >= 0.3 is 0 Å². The van der Waals surface area contributed by atoms with Crippen LogP contribution in [0, 0.1) is 0 Å². The van der Waals surface area contributed by atoms with E-state index in [-0.39, 0.29) is 11.3 Å². The molecule has 19 heavy (non-hydrogen) atoms. The van der Waals surface area contributed by atoms with Crippen LogP contribution in [0.4, 0.5) is 0 Å². The Morgan fingerprint density at radius 1 is 1.58 bits per heavy atom.